The number of esters is 1. The summed E-state index contributed by atoms with van der Waals surface area (Å²) in [6.45, 7) is 1.40. The van der Waals surface area contributed by atoms with Crippen LogP contribution in [0.3, 0.4) is 0 Å². The molecule has 0 spiro atoms. The number of nitrogens with two attached hydrogens (primary N) is 1. The van der Waals surface area contributed by atoms with Gasteiger partial charge in [0.1, 0.15) is 23.1 Å². The maximum Gasteiger partial charge on any atom is 0.349 e. The number of ether oxygens (including phenoxy) is 5. The van der Waals surface area contributed by atoms with Crippen molar-refractivity contribution in [2.75, 3.05) is 20.3 Å². The molecule has 0 aromatic heterocycles. The van der Waals surface area contributed by atoms with Gasteiger partial charge in [0.05, 0.1) is 19.6 Å². The second-order valence-electron chi connectivity index (χ2n) is 9.25. The molecule has 0 bridgehead atoms. The van der Waals surface area contributed by atoms with Crippen molar-refractivity contribution in [3.63, 3.8) is 0 Å². The molecular weight excluding hydrogens is 579 g/mol. The number of carbonyl (C=O) groups is 1. The Morgan fingerprint density at radius 1 is 0.953 bits per heavy atom. The molecule has 1 aliphatic rings. The second kappa shape index (κ2) is 13.3. The predicted molar refractivity (Wildman–Crippen MR) is 141 cm³/mol. The third-order valence-electron chi connectivity index (χ3n) is 6.45. The fraction of sp³-hybridized carbons (Fsp3) is 0.267. The van der Waals surface area contributed by atoms with Gasteiger partial charge in [-0.1, -0.05) is 31.9 Å². The van der Waals surface area contributed by atoms with Crippen LogP contribution in [0.5, 0.6) is 28.7 Å². The molecule has 1 atom stereocenters. The van der Waals surface area contributed by atoms with Gasteiger partial charge in [0, 0.05) is 11.6 Å². The highest BCUT2D eigenvalue weighted by Gasteiger charge is 2.32. The lowest BCUT2D eigenvalue weighted by Crippen LogP contribution is -2.22. The summed E-state index contributed by atoms with van der Waals surface area (Å²) >= 11 is 0. The van der Waals surface area contributed by atoms with Gasteiger partial charge in [0.25, 0.3) is 0 Å². The number of fused-ring (bicyclic) bond motifs is 1. The van der Waals surface area contributed by atoms with Crippen molar-refractivity contribution in [2.45, 2.75) is 32.1 Å². The summed E-state index contributed by atoms with van der Waals surface area (Å²) < 4.78 is 94.2. The zero-order valence-electron chi connectivity index (χ0n) is 22.9. The first kappa shape index (κ1) is 31.0. The summed E-state index contributed by atoms with van der Waals surface area (Å²) in [5.74, 6) is -14.0. The van der Waals surface area contributed by atoms with Crippen LogP contribution in [-0.2, 0) is 4.79 Å². The van der Waals surface area contributed by atoms with Crippen molar-refractivity contribution in [3.8, 4) is 34.8 Å². The first-order valence-electron chi connectivity index (χ1n) is 13.0. The molecule has 226 valence electrons. The van der Waals surface area contributed by atoms with Crippen molar-refractivity contribution < 1.29 is 50.4 Å². The largest absolute Gasteiger partial charge is 0.493 e. The van der Waals surface area contributed by atoms with E-state index < -0.39 is 53.3 Å². The summed E-state index contributed by atoms with van der Waals surface area (Å²) in [7, 11) is 1.49. The molecule has 0 saturated heterocycles. The summed E-state index contributed by atoms with van der Waals surface area (Å²) in [4.78, 5) is 12.3. The molecule has 1 unspecified atom stereocenters. The van der Waals surface area contributed by atoms with Crippen molar-refractivity contribution in [2.24, 2.45) is 5.73 Å². The Labute approximate surface area is 243 Å². The van der Waals surface area contributed by atoms with Crippen molar-refractivity contribution in [1.29, 1.82) is 5.26 Å². The molecule has 0 radical (unpaired) electrons. The van der Waals surface area contributed by atoms with Gasteiger partial charge < -0.3 is 29.4 Å². The lowest BCUT2D eigenvalue weighted by Gasteiger charge is -2.27. The van der Waals surface area contributed by atoms with Crippen LogP contribution >= 0.6 is 0 Å². The average molecular weight is 605 g/mol. The Balaban J connectivity index is 1.55. The Kier molecular flexibility index (Phi) is 9.59. The molecular formula is C30H25F5N2O6. The Hall–Kier alpha value is -4.99. The van der Waals surface area contributed by atoms with E-state index in [0.29, 0.717) is 29.2 Å². The number of halogens is 5. The molecule has 4 rings (SSSR count). The van der Waals surface area contributed by atoms with Crippen LogP contribution < -0.4 is 29.4 Å². The Morgan fingerprint density at radius 2 is 1.65 bits per heavy atom. The SMILES string of the molecule is CCCCCOc1ccc(C2C(C#N)=C(N)Oc3cc(OC(=O)COc4c(F)c(F)c(F)c(F)c4F)ccc32)cc1OC. The smallest absolute Gasteiger partial charge is 0.349 e. The molecule has 3 aromatic carbocycles. The molecule has 0 fully saturated rings. The number of hydrogen-bond donors (Lipinski definition) is 1. The minimum Gasteiger partial charge on any atom is -0.493 e. The monoisotopic (exact) mass is 604 g/mol. The molecule has 0 saturated carbocycles. The molecule has 1 heterocycles. The molecule has 2 N–H and O–H groups in total. The topological polar surface area (TPSA) is 113 Å². The van der Waals surface area contributed by atoms with E-state index >= 15 is 0 Å². The fourth-order valence-corrected chi connectivity index (χ4v) is 4.36. The number of carbonyl (C=O) groups excluding carboxylic acids is 1. The van der Waals surface area contributed by atoms with Crippen LogP contribution in [0.15, 0.2) is 47.9 Å². The van der Waals surface area contributed by atoms with Gasteiger partial charge in [-0.3, -0.25) is 0 Å². The molecule has 3 aromatic rings. The van der Waals surface area contributed by atoms with Gasteiger partial charge in [-0.05, 0) is 30.2 Å². The molecule has 43 heavy (non-hydrogen) atoms. The van der Waals surface area contributed by atoms with E-state index in [2.05, 4.69) is 17.7 Å². The number of unbranched alkanes of at least 4 members (excludes halogenated alkanes) is 2. The zero-order valence-corrected chi connectivity index (χ0v) is 22.9. The molecule has 8 nitrogen and oxygen atoms in total. The van der Waals surface area contributed by atoms with Gasteiger partial charge in [0.2, 0.25) is 35.0 Å². The molecule has 1 aliphatic heterocycles. The van der Waals surface area contributed by atoms with Crippen molar-refractivity contribution >= 4 is 5.97 Å². The Bertz CT molecular complexity index is 1590. The summed E-state index contributed by atoms with van der Waals surface area (Å²) in [5, 5.41) is 9.85. The van der Waals surface area contributed by atoms with Crippen molar-refractivity contribution in [1.82, 2.24) is 0 Å². The zero-order chi connectivity index (χ0) is 31.3. The van der Waals surface area contributed by atoms with Crippen LogP contribution in [-0.4, -0.2) is 26.3 Å². The second-order valence-corrected chi connectivity index (χ2v) is 9.25. The van der Waals surface area contributed by atoms with E-state index in [4.69, 9.17) is 24.7 Å². The van der Waals surface area contributed by atoms with Gasteiger partial charge in [-0.2, -0.15) is 14.0 Å². The van der Waals surface area contributed by atoms with Gasteiger partial charge in [-0.25, -0.2) is 18.0 Å². The number of rotatable bonds is 11. The predicted octanol–water partition coefficient (Wildman–Crippen LogP) is 6.16. The number of allylic oxidation sites excluding steroid dienone is 1. The number of methoxy groups -OCH3 is 1. The fourth-order valence-electron chi connectivity index (χ4n) is 4.36. The standard InChI is InChI=1S/C30H25F5N2O6/c1-3-4-5-10-40-19-9-6-15(11-21(19)39-2)23-17-8-7-16(12-20(17)43-30(37)18(23)13-36)42-22(38)14-41-29-27(34)25(32)24(31)26(33)28(29)35/h6-9,11-12,23H,3-5,10,14,37H2,1-2H3. The van der Waals surface area contributed by atoms with Crippen LogP contribution in [0.4, 0.5) is 22.0 Å². The summed E-state index contributed by atoms with van der Waals surface area (Å²) in [6.07, 6.45) is 2.94. The van der Waals surface area contributed by atoms with E-state index in [9.17, 15) is 32.0 Å². The van der Waals surface area contributed by atoms with Gasteiger partial charge in [-0.15, -0.1) is 0 Å². The van der Waals surface area contributed by atoms with E-state index in [1.54, 1.807) is 18.2 Å². The third kappa shape index (κ3) is 6.43. The maximum atomic E-state index is 13.8. The molecule has 0 amide bonds. The Morgan fingerprint density at radius 3 is 2.30 bits per heavy atom. The highest BCUT2D eigenvalue weighted by Crippen LogP contribution is 2.45. The van der Waals surface area contributed by atoms with Gasteiger partial charge >= 0.3 is 5.97 Å². The third-order valence-corrected chi connectivity index (χ3v) is 6.45. The van der Waals surface area contributed by atoms with E-state index in [1.165, 1.54) is 25.3 Å². The highest BCUT2D eigenvalue weighted by molar-refractivity contribution is 5.74. The van der Waals surface area contributed by atoms with E-state index in [-0.39, 0.29) is 23.0 Å². The minimum absolute atomic E-state index is 0.118. The maximum absolute atomic E-state index is 13.8. The van der Waals surface area contributed by atoms with Crippen molar-refractivity contribution in [3.05, 3.63) is 88.1 Å². The molecule has 0 aliphatic carbocycles. The van der Waals surface area contributed by atoms with Gasteiger partial charge in [0.15, 0.2) is 23.9 Å². The lowest BCUT2D eigenvalue weighted by molar-refractivity contribution is -0.136. The first-order chi connectivity index (χ1) is 20.6. The van der Waals surface area contributed by atoms with E-state index in [0.717, 1.165) is 19.3 Å². The lowest BCUT2D eigenvalue weighted by atomic mass is 9.83. The van der Waals surface area contributed by atoms with E-state index in [1.807, 2.05) is 0 Å². The van der Waals surface area contributed by atoms with Crippen LogP contribution in [0, 0.1) is 40.4 Å². The average Bonchev–Trinajstić information content (AvgIpc) is 3.00. The number of benzene rings is 3. The highest BCUT2D eigenvalue weighted by atomic mass is 19.2. The number of hydrogen-bond acceptors (Lipinski definition) is 8. The van der Waals surface area contributed by atoms with Crippen LogP contribution in [0.2, 0.25) is 0 Å². The summed E-state index contributed by atoms with van der Waals surface area (Å²) in [5.41, 5.74) is 7.28. The molecule has 13 heteroatoms. The quantitative estimate of drug-likeness (QED) is 0.0692. The minimum atomic E-state index is -2.37. The summed E-state index contributed by atoms with van der Waals surface area (Å²) in [6, 6.07) is 11.4. The van der Waals surface area contributed by atoms with Crippen LogP contribution in [0.1, 0.15) is 43.2 Å². The number of nitriles is 1. The number of nitrogens with zero attached hydrogens (tertiary/aromatic N) is 1. The van der Waals surface area contributed by atoms with Crippen LogP contribution in [0.25, 0.3) is 0 Å². The first-order valence-corrected chi connectivity index (χ1v) is 13.0. The normalized spacial score (nSPS) is 14.0.